The summed E-state index contributed by atoms with van der Waals surface area (Å²) in [4.78, 5) is 18.6. The molecule has 1 aliphatic heterocycles. The molecule has 1 aromatic heterocycles. The fourth-order valence-electron chi connectivity index (χ4n) is 4.59. The summed E-state index contributed by atoms with van der Waals surface area (Å²) in [6, 6.07) is 0.122. The quantitative estimate of drug-likeness (QED) is 0.125. The van der Waals surface area contributed by atoms with Crippen molar-refractivity contribution in [3.05, 3.63) is 58.4 Å². The van der Waals surface area contributed by atoms with Gasteiger partial charge in [-0.05, 0) is 62.6 Å². The van der Waals surface area contributed by atoms with Crippen LogP contribution >= 0.6 is 0 Å². The van der Waals surface area contributed by atoms with Gasteiger partial charge in [0.1, 0.15) is 5.69 Å². The molecule has 0 aliphatic carbocycles. The van der Waals surface area contributed by atoms with Gasteiger partial charge in [0.25, 0.3) is 0 Å². The van der Waals surface area contributed by atoms with E-state index in [1.807, 2.05) is 0 Å². The number of alkyl halides is 9. The van der Waals surface area contributed by atoms with Gasteiger partial charge in [0.15, 0.2) is 0 Å². The molecule has 0 radical (unpaired) electrons. The maximum atomic E-state index is 13.7. The summed E-state index contributed by atoms with van der Waals surface area (Å²) in [5.41, 5.74) is -0.0581. The molecule has 0 spiro atoms. The van der Waals surface area contributed by atoms with Crippen LogP contribution in [0.2, 0.25) is 0 Å². The van der Waals surface area contributed by atoms with E-state index in [9.17, 15) is 49.5 Å². The van der Waals surface area contributed by atoms with Crippen LogP contribution < -0.4 is 10.6 Å². The SMILES string of the molecule is CC[C@@H]1C[C@H](N(Cc2cc(C(F)(F)F)cc(C(F)(F)F)c2)C(N)=NO)c2nc(C(F)(F)F)ccc2N1C(=O)OC(C)C. The number of anilines is 1. The van der Waals surface area contributed by atoms with E-state index in [1.54, 1.807) is 20.8 Å². The number of amides is 1. The summed E-state index contributed by atoms with van der Waals surface area (Å²) in [7, 11) is 0. The molecule has 17 heteroatoms. The van der Waals surface area contributed by atoms with Crippen LogP contribution in [0, 0.1) is 0 Å². The van der Waals surface area contributed by atoms with E-state index in [-0.39, 0.29) is 24.6 Å². The highest BCUT2D eigenvalue weighted by Gasteiger charge is 2.43. The van der Waals surface area contributed by atoms with Crippen LogP contribution in [-0.2, 0) is 29.8 Å². The Kier molecular flexibility index (Phi) is 9.12. The molecule has 8 nitrogen and oxygen atoms in total. The second kappa shape index (κ2) is 11.8. The number of carbonyl (C=O) groups excluding carboxylic acids is 1. The van der Waals surface area contributed by atoms with E-state index in [0.29, 0.717) is 18.2 Å². The predicted octanol–water partition coefficient (Wildman–Crippen LogP) is 6.92. The Hall–Kier alpha value is -3.92. The molecule has 2 atom stereocenters. The van der Waals surface area contributed by atoms with Gasteiger partial charge in [-0.1, -0.05) is 12.1 Å². The number of halogens is 9. The van der Waals surface area contributed by atoms with Gasteiger partial charge in [-0.3, -0.25) is 4.90 Å². The van der Waals surface area contributed by atoms with E-state index in [0.717, 1.165) is 15.9 Å². The van der Waals surface area contributed by atoms with Crippen molar-refractivity contribution in [1.82, 2.24) is 9.88 Å². The summed E-state index contributed by atoms with van der Waals surface area (Å²) in [6.45, 7) is 3.86. The topological polar surface area (TPSA) is 104 Å². The third-order valence-electron chi connectivity index (χ3n) is 6.41. The first-order chi connectivity index (χ1) is 19.3. The fraction of sp³-hybridized carbons (Fsp3) is 0.480. The second-order valence-corrected chi connectivity index (χ2v) is 9.71. The maximum absolute atomic E-state index is 13.7. The van der Waals surface area contributed by atoms with Gasteiger partial charge >= 0.3 is 24.6 Å². The maximum Gasteiger partial charge on any atom is 0.433 e. The number of fused-ring (bicyclic) bond motifs is 1. The van der Waals surface area contributed by atoms with E-state index < -0.39 is 83.4 Å². The van der Waals surface area contributed by atoms with Crippen LogP contribution in [-0.4, -0.2) is 39.3 Å². The third kappa shape index (κ3) is 7.10. The van der Waals surface area contributed by atoms with E-state index in [1.165, 1.54) is 0 Å². The molecule has 3 N–H and O–H groups in total. The van der Waals surface area contributed by atoms with Crippen LogP contribution in [0.4, 0.5) is 50.0 Å². The first kappa shape index (κ1) is 32.6. The summed E-state index contributed by atoms with van der Waals surface area (Å²) in [6.07, 6.45) is -16.9. The van der Waals surface area contributed by atoms with Crippen LogP contribution in [0.5, 0.6) is 0 Å². The normalized spacial score (nSPS) is 18.2. The number of carbonyl (C=O) groups is 1. The first-order valence-electron chi connectivity index (χ1n) is 12.4. The number of oxime groups is 1. The minimum absolute atomic E-state index is 0.0876. The number of nitrogens with two attached hydrogens (primary N) is 1. The molecule has 0 saturated heterocycles. The van der Waals surface area contributed by atoms with Crippen molar-refractivity contribution in [3.8, 4) is 0 Å². The highest BCUT2D eigenvalue weighted by molar-refractivity contribution is 5.90. The molecule has 0 fully saturated rings. The van der Waals surface area contributed by atoms with Crippen molar-refractivity contribution in [2.75, 3.05) is 4.90 Å². The van der Waals surface area contributed by atoms with Crippen molar-refractivity contribution in [1.29, 1.82) is 0 Å². The Labute approximate surface area is 233 Å². The lowest BCUT2D eigenvalue weighted by molar-refractivity contribution is -0.143. The number of ether oxygens (including phenoxy) is 1. The number of nitrogens with zero attached hydrogens (tertiary/aromatic N) is 4. The summed E-state index contributed by atoms with van der Waals surface area (Å²) >= 11 is 0. The minimum Gasteiger partial charge on any atom is -0.446 e. The molecule has 232 valence electrons. The second-order valence-electron chi connectivity index (χ2n) is 9.71. The first-order valence-corrected chi connectivity index (χ1v) is 12.4. The Morgan fingerprint density at radius 1 is 1.07 bits per heavy atom. The molecule has 1 aliphatic rings. The van der Waals surface area contributed by atoms with Crippen molar-refractivity contribution in [3.63, 3.8) is 0 Å². The largest absolute Gasteiger partial charge is 0.446 e. The Morgan fingerprint density at radius 3 is 2.10 bits per heavy atom. The summed E-state index contributed by atoms with van der Waals surface area (Å²) < 4.78 is 127. The number of aromatic nitrogens is 1. The van der Waals surface area contributed by atoms with Gasteiger partial charge < -0.3 is 20.6 Å². The Morgan fingerprint density at radius 2 is 1.64 bits per heavy atom. The van der Waals surface area contributed by atoms with Crippen LogP contribution in [0.1, 0.15) is 67.7 Å². The number of pyridine rings is 1. The zero-order chi connectivity index (χ0) is 31.8. The molecule has 2 aromatic rings. The van der Waals surface area contributed by atoms with Gasteiger partial charge in [0.2, 0.25) is 5.96 Å². The molecule has 1 amide bonds. The van der Waals surface area contributed by atoms with E-state index in [4.69, 9.17) is 10.5 Å². The van der Waals surface area contributed by atoms with Crippen LogP contribution in [0.15, 0.2) is 35.5 Å². The number of rotatable bonds is 5. The van der Waals surface area contributed by atoms with Gasteiger partial charge in [-0.15, -0.1) is 0 Å². The standard InChI is InChI=1S/C25H26F9N5O3/c1-4-16-10-18(20-17(39(16)22(40)42-12(2)3)5-6-19(36-20)25(32,33)34)38(21(35)37-41)11-13-7-14(23(26,27)28)9-15(8-13)24(29,30)31/h5-9,12,16,18,41H,4,10-11H2,1-3H3,(H2,35,37)/t16-,18+/m1/s1. The zero-order valence-corrected chi connectivity index (χ0v) is 22.3. The minimum atomic E-state index is -5.18. The summed E-state index contributed by atoms with van der Waals surface area (Å²) in [5.74, 6) is -0.829. The molecule has 42 heavy (non-hydrogen) atoms. The lowest BCUT2D eigenvalue weighted by atomic mass is 9.91. The van der Waals surface area contributed by atoms with Crippen LogP contribution in [0.3, 0.4) is 0 Å². The number of hydrogen-bond acceptors (Lipinski definition) is 5. The Bertz CT molecular complexity index is 1290. The smallest absolute Gasteiger partial charge is 0.433 e. The van der Waals surface area contributed by atoms with Crippen molar-refractivity contribution >= 4 is 17.7 Å². The fourth-order valence-corrected chi connectivity index (χ4v) is 4.59. The highest BCUT2D eigenvalue weighted by Crippen LogP contribution is 2.44. The molecular formula is C25H26F9N5O3. The molecule has 0 saturated carbocycles. The lowest BCUT2D eigenvalue weighted by Gasteiger charge is -2.43. The van der Waals surface area contributed by atoms with Crippen molar-refractivity contribution in [2.45, 2.75) is 76.9 Å². The summed E-state index contributed by atoms with van der Waals surface area (Å²) in [5, 5.41) is 12.3. The molecule has 0 bridgehead atoms. The van der Waals surface area contributed by atoms with Gasteiger partial charge in [-0.2, -0.15) is 39.5 Å². The zero-order valence-electron chi connectivity index (χ0n) is 22.3. The molecule has 2 heterocycles. The van der Waals surface area contributed by atoms with Gasteiger partial charge in [0, 0.05) is 12.6 Å². The number of benzene rings is 1. The van der Waals surface area contributed by atoms with Crippen molar-refractivity contribution < 1.29 is 54.3 Å². The van der Waals surface area contributed by atoms with Crippen LogP contribution in [0.25, 0.3) is 0 Å². The average Bonchev–Trinajstić information content (AvgIpc) is 2.87. The molecule has 1 aromatic carbocycles. The average molecular weight is 615 g/mol. The third-order valence-corrected chi connectivity index (χ3v) is 6.41. The number of hydrogen-bond donors (Lipinski definition) is 2. The predicted molar refractivity (Wildman–Crippen MR) is 130 cm³/mol. The Balaban J connectivity index is 2.24. The van der Waals surface area contributed by atoms with E-state index in [2.05, 4.69) is 10.1 Å². The molecular weight excluding hydrogens is 589 g/mol. The molecule has 3 rings (SSSR count). The monoisotopic (exact) mass is 615 g/mol. The lowest BCUT2D eigenvalue weighted by Crippen LogP contribution is -2.50. The van der Waals surface area contributed by atoms with Gasteiger partial charge in [0.05, 0.1) is 34.7 Å². The highest BCUT2D eigenvalue weighted by atomic mass is 19.4. The molecule has 0 unspecified atom stereocenters. The van der Waals surface area contributed by atoms with Gasteiger partial charge in [-0.25, -0.2) is 9.78 Å². The van der Waals surface area contributed by atoms with Crippen molar-refractivity contribution in [2.24, 2.45) is 10.9 Å². The number of guanidine groups is 1. The van der Waals surface area contributed by atoms with E-state index >= 15 is 0 Å².